The van der Waals surface area contributed by atoms with E-state index in [1.165, 1.54) is 12.8 Å². The van der Waals surface area contributed by atoms with E-state index in [0.29, 0.717) is 17.6 Å². The van der Waals surface area contributed by atoms with E-state index >= 15 is 0 Å². The first-order chi connectivity index (χ1) is 7.86. The van der Waals surface area contributed by atoms with Gasteiger partial charge in [-0.25, -0.2) is 4.98 Å². The lowest BCUT2D eigenvalue weighted by Gasteiger charge is -2.46. The molecule has 2 bridgehead atoms. The molecule has 1 aromatic rings. The predicted octanol–water partition coefficient (Wildman–Crippen LogP) is 0.894. The van der Waals surface area contributed by atoms with Crippen molar-refractivity contribution in [3.8, 4) is 6.07 Å². The quantitative estimate of drug-likeness (QED) is 0.754. The van der Waals surface area contributed by atoms with Crippen molar-refractivity contribution >= 4 is 5.82 Å². The van der Waals surface area contributed by atoms with Crippen LogP contribution in [0.3, 0.4) is 0 Å². The number of hydrogen-bond acceptors (Lipinski definition) is 4. The van der Waals surface area contributed by atoms with Gasteiger partial charge in [-0.1, -0.05) is 0 Å². The number of rotatable bonds is 1. The maximum atomic E-state index is 8.73. The number of nitrogens with zero attached hydrogens (tertiary/aromatic N) is 3. The van der Waals surface area contributed by atoms with Crippen LogP contribution in [0.5, 0.6) is 0 Å². The molecule has 3 aliphatic rings. The van der Waals surface area contributed by atoms with Crippen LogP contribution < -0.4 is 10.2 Å². The second-order valence-corrected chi connectivity index (χ2v) is 4.51. The van der Waals surface area contributed by atoms with E-state index in [4.69, 9.17) is 5.26 Å². The topological polar surface area (TPSA) is 52.0 Å². The summed E-state index contributed by atoms with van der Waals surface area (Å²) in [6, 6.07) is 7.09. The Bertz CT molecular complexity index is 412. The van der Waals surface area contributed by atoms with Crippen molar-refractivity contribution in [1.82, 2.24) is 10.3 Å². The highest BCUT2D eigenvalue weighted by atomic mass is 15.3. The fourth-order valence-corrected chi connectivity index (χ4v) is 2.61. The van der Waals surface area contributed by atoms with E-state index in [0.717, 1.165) is 18.9 Å². The third-order valence-corrected chi connectivity index (χ3v) is 3.52. The summed E-state index contributed by atoms with van der Waals surface area (Å²) in [4.78, 5) is 6.73. The van der Waals surface area contributed by atoms with Crippen LogP contribution in [-0.2, 0) is 0 Å². The summed E-state index contributed by atoms with van der Waals surface area (Å²) >= 11 is 0. The number of hydrogen-bond donors (Lipinski definition) is 1. The van der Waals surface area contributed by atoms with Gasteiger partial charge in [0.15, 0.2) is 0 Å². The van der Waals surface area contributed by atoms with E-state index < -0.39 is 0 Å². The van der Waals surface area contributed by atoms with Gasteiger partial charge < -0.3 is 10.2 Å². The molecule has 1 aromatic heterocycles. The van der Waals surface area contributed by atoms with E-state index in [9.17, 15) is 0 Å². The molecule has 3 fully saturated rings. The maximum absolute atomic E-state index is 8.73. The fraction of sp³-hybridized carbons (Fsp3) is 0.500. The highest BCUT2D eigenvalue weighted by Gasteiger charge is 2.33. The van der Waals surface area contributed by atoms with E-state index in [2.05, 4.69) is 21.3 Å². The zero-order chi connectivity index (χ0) is 11.0. The van der Waals surface area contributed by atoms with Crippen molar-refractivity contribution in [2.24, 2.45) is 0 Å². The van der Waals surface area contributed by atoms with Gasteiger partial charge in [0.2, 0.25) is 0 Å². The molecule has 0 aromatic carbocycles. The molecule has 0 saturated carbocycles. The first-order valence-electron chi connectivity index (χ1n) is 5.73. The minimum Gasteiger partial charge on any atom is -0.351 e. The number of pyridine rings is 1. The lowest BCUT2D eigenvalue weighted by molar-refractivity contribution is 0.289. The number of anilines is 1. The first-order valence-corrected chi connectivity index (χ1v) is 5.73. The van der Waals surface area contributed by atoms with Gasteiger partial charge in [0.25, 0.3) is 0 Å². The third kappa shape index (κ3) is 1.54. The van der Waals surface area contributed by atoms with Crippen LogP contribution in [0.25, 0.3) is 0 Å². The molecule has 3 aliphatic heterocycles. The molecule has 0 aliphatic carbocycles. The van der Waals surface area contributed by atoms with Gasteiger partial charge >= 0.3 is 0 Å². The number of aromatic nitrogens is 1. The number of piperazine rings is 1. The molecule has 4 nitrogen and oxygen atoms in total. The van der Waals surface area contributed by atoms with Crippen LogP contribution in [0.15, 0.2) is 18.3 Å². The summed E-state index contributed by atoms with van der Waals surface area (Å²) in [5, 5.41) is 12.2. The van der Waals surface area contributed by atoms with Crippen molar-refractivity contribution in [3.05, 3.63) is 23.9 Å². The van der Waals surface area contributed by atoms with Gasteiger partial charge in [0, 0.05) is 31.4 Å². The smallest absolute Gasteiger partial charge is 0.128 e. The molecule has 3 saturated heterocycles. The van der Waals surface area contributed by atoms with Crippen LogP contribution in [-0.4, -0.2) is 30.2 Å². The van der Waals surface area contributed by atoms with E-state index in [1.54, 1.807) is 6.20 Å². The van der Waals surface area contributed by atoms with Gasteiger partial charge in [0.1, 0.15) is 11.9 Å². The Morgan fingerprint density at radius 2 is 2.38 bits per heavy atom. The summed E-state index contributed by atoms with van der Waals surface area (Å²) in [7, 11) is 0. The number of nitriles is 1. The highest BCUT2D eigenvalue weighted by molar-refractivity contribution is 5.44. The van der Waals surface area contributed by atoms with Crippen LogP contribution in [0.1, 0.15) is 18.4 Å². The molecule has 1 N–H and O–H groups in total. The summed E-state index contributed by atoms with van der Waals surface area (Å²) in [6.07, 6.45) is 4.18. The molecule has 82 valence electrons. The summed E-state index contributed by atoms with van der Waals surface area (Å²) in [6.45, 7) is 2.11. The fourth-order valence-electron chi connectivity index (χ4n) is 2.61. The monoisotopic (exact) mass is 214 g/mol. The van der Waals surface area contributed by atoms with E-state index in [-0.39, 0.29) is 0 Å². The number of nitrogens with one attached hydrogen (secondary N) is 1. The minimum absolute atomic E-state index is 0.574. The zero-order valence-electron chi connectivity index (χ0n) is 9.06. The number of fused-ring (bicyclic) bond motifs is 3. The Hall–Kier alpha value is -1.60. The lowest BCUT2D eigenvalue weighted by atomic mass is 9.93. The SMILES string of the molecule is N#Cc1ccc(N2C[C@@H]3CC[C@H]2CN3)nc1. The molecular weight excluding hydrogens is 200 g/mol. The van der Waals surface area contributed by atoms with Crippen molar-refractivity contribution in [3.63, 3.8) is 0 Å². The average molecular weight is 214 g/mol. The predicted molar refractivity (Wildman–Crippen MR) is 61.1 cm³/mol. The molecule has 4 heterocycles. The van der Waals surface area contributed by atoms with E-state index in [1.807, 2.05) is 12.1 Å². The summed E-state index contributed by atoms with van der Waals surface area (Å²) in [5.74, 6) is 1.01. The molecule has 16 heavy (non-hydrogen) atoms. The first kappa shape index (κ1) is 9.61. The Kier molecular flexibility index (Phi) is 2.26. The highest BCUT2D eigenvalue weighted by Crippen LogP contribution is 2.26. The normalized spacial score (nSPS) is 27.8. The Balaban J connectivity index is 1.84. The van der Waals surface area contributed by atoms with Crippen molar-refractivity contribution < 1.29 is 0 Å². The molecule has 4 rings (SSSR count). The largest absolute Gasteiger partial charge is 0.351 e. The van der Waals surface area contributed by atoms with Gasteiger partial charge in [0.05, 0.1) is 5.56 Å². The van der Waals surface area contributed by atoms with Crippen LogP contribution in [0.4, 0.5) is 5.82 Å². The molecule has 2 atom stereocenters. The zero-order valence-corrected chi connectivity index (χ0v) is 9.06. The van der Waals surface area contributed by atoms with Gasteiger partial charge in [-0.05, 0) is 25.0 Å². The Morgan fingerprint density at radius 1 is 1.44 bits per heavy atom. The van der Waals surface area contributed by atoms with Crippen molar-refractivity contribution in [2.45, 2.75) is 24.9 Å². The molecular formula is C12H14N4. The molecule has 0 radical (unpaired) electrons. The molecule has 0 spiro atoms. The standard InChI is InChI=1S/C12H14N4/c13-5-9-1-4-12(15-6-9)16-8-10-2-3-11(16)7-14-10/h1,4,6,10-11,14H,2-3,7-8H2/t10-,11-/m0/s1. The third-order valence-electron chi connectivity index (χ3n) is 3.52. The summed E-state index contributed by atoms with van der Waals surface area (Å²) in [5.41, 5.74) is 0.629. The van der Waals surface area contributed by atoms with Crippen LogP contribution in [0, 0.1) is 11.3 Å². The second kappa shape index (κ2) is 3.76. The van der Waals surface area contributed by atoms with Crippen molar-refractivity contribution in [1.29, 1.82) is 5.26 Å². The Labute approximate surface area is 94.9 Å². The van der Waals surface area contributed by atoms with Gasteiger partial charge in [-0.2, -0.15) is 5.26 Å². The van der Waals surface area contributed by atoms with Crippen molar-refractivity contribution in [2.75, 3.05) is 18.0 Å². The maximum Gasteiger partial charge on any atom is 0.128 e. The van der Waals surface area contributed by atoms with Crippen LogP contribution in [0.2, 0.25) is 0 Å². The Morgan fingerprint density at radius 3 is 2.88 bits per heavy atom. The second-order valence-electron chi connectivity index (χ2n) is 4.51. The molecule has 0 unspecified atom stereocenters. The average Bonchev–Trinajstić information content (AvgIpc) is 2.40. The molecule has 0 amide bonds. The lowest BCUT2D eigenvalue weighted by Crippen LogP contribution is -2.61. The minimum atomic E-state index is 0.574. The summed E-state index contributed by atoms with van der Waals surface area (Å²) < 4.78 is 0. The number of piperidine rings is 2. The van der Waals surface area contributed by atoms with Crippen LogP contribution >= 0.6 is 0 Å². The molecule has 4 heteroatoms. The van der Waals surface area contributed by atoms with Gasteiger partial charge in [-0.15, -0.1) is 0 Å². The van der Waals surface area contributed by atoms with Gasteiger partial charge in [-0.3, -0.25) is 0 Å².